The third-order valence-electron chi connectivity index (χ3n) is 5.61. The van der Waals surface area contributed by atoms with Crippen molar-refractivity contribution < 1.29 is 4.74 Å². The zero-order chi connectivity index (χ0) is 21.9. The van der Waals surface area contributed by atoms with Crippen molar-refractivity contribution in [3.63, 3.8) is 0 Å². The van der Waals surface area contributed by atoms with Crippen LogP contribution < -0.4 is 10.1 Å². The lowest BCUT2D eigenvalue weighted by Crippen LogP contribution is -2.02. The number of ether oxygens (including phenoxy) is 1. The van der Waals surface area contributed by atoms with Gasteiger partial charge in [-0.05, 0) is 99.2 Å². The predicted molar refractivity (Wildman–Crippen MR) is 125 cm³/mol. The first-order valence-electron chi connectivity index (χ1n) is 11.0. The fourth-order valence-electron chi connectivity index (χ4n) is 4.04. The van der Waals surface area contributed by atoms with Gasteiger partial charge in [-0.2, -0.15) is 0 Å². The molecule has 0 bridgehead atoms. The van der Waals surface area contributed by atoms with E-state index in [2.05, 4.69) is 43.7 Å². The first-order chi connectivity index (χ1) is 15.6. The highest BCUT2D eigenvalue weighted by Crippen LogP contribution is 2.27. The molecule has 160 valence electrons. The monoisotopic (exact) mass is 423 g/mol. The van der Waals surface area contributed by atoms with E-state index in [1.165, 1.54) is 30.4 Å². The SMILES string of the molecule is Cc1cc(C)nc(Oc2ccc(Nc3ccc(-c4ccc5c(c4)CCCC5)nn3)cc2)n1. The van der Waals surface area contributed by atoms with Gasteiger partial charge in [0.2, 0.25) is 0 Å². The lowest BCUT2D eigenvalue weighted by Gasteiger charge is -2.16. The largest absolute Gasteiger partial charge is 0.424 e. The Morgan fingerprint density at radius 3 is 2.22 bits per heavy atom. The Kier molecular flexibility index (Phi) is 5.50. The zero-order valence-corrected chi connectivity index (χ0v) is 18.3. The number of benzene rings is 2. The van der Waals surface area contributed by atoms with Gasteiger partial charge in [-0.25, -0.2) is 9.97 Å². The van der Waals surface area contributed by atoms with Crippen molar-refractivity contribution in [3.8, 4) is 23.0 Å². The van der Waals surface area contributed by atoms with Gasteiger partial charge in [0.05, 0.1) is 5.69 Å². The molecule has 1 aliphatic rings. The standard InChI is InChI=1S/C26H25N5O/c1-17-15-18(2)28-26(27-17)32-23-11-9-22(10-12-23)29-25-14-13-24(30-31-25)21-8-7-19-5-3-4-6-20(19)16-21/h7-16H,3-6H2,1-2H3,(H,29,31). The summed E-state index contributed by atoms with van der Waals surface area (Å²) in [6, 6.07) is 20.5. The predicted octanol–water partition coefficient (Wildman–Crippen LogP) is 5.97. The lowest BCUT2D eigenvalue weighted by molar-refractivity contribution is 0.439. The minimum atomic E-state index is 0.354. The van der Waals surface area contributed by atoms with Crippen molar-refractivity contribution in [2.45, 2.75) is 39.5 Å². The Bertz CT molecular complexity index is 1220. The lowest BCUT2D eigenvalue weighted by atomic mass is 9.90. The second kappa shape index (κ2) is 8.75. The zero-order valence-electron chi connectivity index (χ0n) is 18.3. The molecule has 0 amide bonds. The van der Waals surface area contributed by atoms with Crippen LogP contribution in [0.4, 0.5) is 11.5 Å². The van der Waals surface area contributed by atoms with E-state index in [1.54, 1.807) is 0 Å². The van der Waals surface area contributed by atoms with Gasteiger partial charge in [0.15, 0.2) is 5.82 Å². The number of anilines is 2. The van der Waals surface area contributed by atoms with Crippen LogP contribution in [-0.2, 0) is 12.8 Å². The fourth-order valence-corrected chi connectivity index (χ4v) is 4.04. The highest BCUT2D eigenvalue weighted by atomic mass is 16.5. The average molecular weight is 424 g/mol. The van der Waals surface area contributed by atoms with Crippen LogP contribution in [0.25, 0.3) is 11.3 Å². The molecule has 0 aliphatic heterocycles. The summed E-state index contributed by atoms with van der Waals surface area (Å²) in [5, 5.41) is 12.1. The van der Waals surface area contributed by atoms with Crippen LogP contribution in [0.15, 0.2) is 60.7 Å². The quantitative estimate of drug-likeness (QED) is 0.427. The summed E-state index contributed by atoms with van der Waals surface area (Å²) in [6.07, 6.45) is 4.91. The summed E-state index contributed by atoms with van der Waals surface area (Å²) in [5.41, 5.74) is 7.59. The highest BCUT2D eigenvalue weighted by molar-refractivity contribution is 5.63. The topological polar surface area (TPSA) is 72.8 Å². The van der Waals surface area contributed by atoms with Gasteiger partial charge >= 0.3 is 6.01 Å². The van der Waals surface area contributed by atoms with Crippen molar-refractivity contribution in [1.29, 1.82) is 0 Å². The summed E-state index contributed by atoms with van der Waals surface area (Å²) in [5.74, 6) is 1.37. The molecule has 32 heavy (non-hydrogen) atoms. The first kappa shape index (κ1) is 20.1. The Morgan fingerprint density at radius 2 is 1.50 bits per heavy atom. The molecule has 2 heterocycles. The molecule has 0 saturated carbocycles. The molecule has 2 aromatic heterocycles. The van der Waals surface area contributed by atoms with E-state index < -0.39 is 0 Å². The van der Waals surface area contributed by atoms with E-state index in [9.17, 15) is 0 Å². The van der Waals surface area contributed by atoms with Crippen LogP contribution >= 0.6 is 0 Å². The minimum absolute atomic E-state index is 0.354. The van der Waals surface area contributed by atoms with Gasteiger partial charge in [0.1, 0.15) is 5.75 Å². The maximum atomic E-state index is 5.77. The highest BCUT2D eigenvalue weighted by Gasteiger charge is 2.11. The minimum Gasteiger partial charge on any atom is -0.424 e. The summed E-state index contributed by atoms with van der Waals surface area (Å²) < 4.78 is 5.77. The van der Waals surface area contributed by atoms with Crippen LogP contribution in [0, 0.1) is 13.8 Å². The van der Waals surface area contributed by atoms with Crippen LogP contribution in [0.1, 0.15) is 35.4 Å². The van der Waals surface area contributed by atoms with E-state index in [-0.39, 0.29) is 0 Å². The van der Waals surface area contributed by atoms with E-state index in [0.29, 0.717) is 17.6 Å². The summed E-state index contributed by atoms with van der Waals surface area (Å²) in [6.45, 7) is 3.85. The number of hydrogen-bond donors (Lipinski definition) is 1. The maximum Gasteiger partial charge on any atom is 0.322 e. The van der Waals surface area contributed by atoms with Crippen molar-refractivity contribution in [3.05, 3.63) is 83.2 Å². The molecule has 0 radical (unpaired) electrons. The Hall–Kier alpha value is -3.80. The fraction of sp³-hybridized carbons (Fsp3) is 0.231. The van der Waals surface area contributed by atoms with Crippen molar-refractivity contribution >= 4 is 11.5 Å². The van der Waals surface area contributed by atoms with E-state index in [1.807, 2.05) is 56.3 Å². The van der Waals surface area contributed by atoms with Crippen LogP contribution in [-0.4, -0.2) is 20.2 Å². The molecule has 4 aromatic rings. The molecule has 0 atom stereocenters. The van der Waals surface area contributed by atoms with Crippen LogP contribution in [0.2, 0.25) is 0 Å². The molecule has 1 aliphatic carbocycles. The molecule has 0 spiro atoms. The molecular weight excluding hydrogens is 398 g/mol. The second-order valence-corrected chi connectivity index (χ2v) is 8.18. The number of nitrogens with zero attached hydrogens (tertiary/aromatic N) is 4. The summed E-state index contributed by atoms with van der Waals surface area (Å²) in [7, 11) is 0. The molecule has 1 N–H and O–H groups in total. The number of fused-ring (bicyclic) bond motifs is 1. The van der Waals surface area contributed by atoms with Crippen molar-refractivity contribution in [2.75, 3.05) is 5.32 Å². The normalized spacial score (nSPS) is 12.8. The van der Waals surface area contributed by atoms with Gasteiger partial charge < -0.3 is 10.1 Å². The molecule has 0 fully saturated rings. The first-order valence-corrected chi connectivity index (χ1v) is 11.0. The number of aromatic nitrogens is 4. The Labute approximate surface area is 187 Å². The van der Waals surface area contributed by atoms with Gasteiger partial charge in [0.25, 0.3) is 0 Å². The molecular formula is C26H25N5O. The second-order valence-electron chi connectivity index (χ2n) is 8.18. The average Bonchev–Trinajstić information content (AvgIpc) is 2.80. The molecule has 0 unspecified atom stereocenters. The molecule has 6 heteroatoms. The number of hydrogen-bond acceptors (Lipinski definition) is 6. The van der Waals surface area contributed by atoms with Crippen LogP contribution in [0.3, 0.4) is 0 Å². The Balaban J connectivity index is 1.25. The van der Waals surface area contributed by atoms with Crippen molar-refractivity contribution in [1.82, 2.24) is 20.2 Å². The summed E-state index contributed by atoms with van der Waals surface area (Å²) in [4.78, 5) is 8.62. The van der Waals surface area contributed by atoms with Gasteiger partial charge in [-0.1, -0.05) is 12.1 Å². The van der Waals surface area contributed by atoms with Crippen LogP contribution in [0.5, 0.6) is 11.8 Å². The van der Waals surface area contributed by atoms with Gasteiger partial charge in [-0.15, -0.1) is 10.2 Å². The van der Waals surface area contributed by atoms with E-state index >= 15 is 0 Å². The van der Waals surface area contributed by atoms with Crippen molar-refractivity contribution in [2.24, 2.45) is 0 Å². The number of aryl methyl sites for hydroxylation is 4. The summed E-state index contributed by atoms with van der Waals surface area (Å²) >= 11 is 0. The van der Waals surface area contributed by atoms with Gasteiger partial charge in [0, 0.05) is 22.6 Å². The van der Waals surface area contributed by atoms with Gasteiger partial charge in [-0.3, -0.25) is 0 Å². The number of nitrogens with one attached hydrogen (secondary N) is 1. The molecule has 5 rings (SSSR count). The van der Waals surface area contributed by atoms with E-state index in [4.69, 9.17) is 4.74 Å². The third kappa shape index (κ3) is 4.59. The smallest absolute Gasteiger partial charge is 0.322 e. The maximum absolute atomic E-state index is 5.77. The molecule has 0 saturated heterocycles. The number of rotatable bonds is 5. The Morgan fingerprint density at radius 1 is 0.750 bits per heavy atom. The molecule has 6 nitrogen and oxygen atoms in total. The van der Waals surface area contributed by atoms with E-state index in [0.717, 1.165) is 34.8 Å². The third-order valence-corrected chi connectivity index (χ3v) is 5.61. The molecule has 2 aromatic carbocycles.